The summed E-state index contributed by atoms with van der Waals surface area (Å²) in [5, 5.41) is 0. The number of Topliss-reactive ketones (excluding diaryl/α,β-unsaturated/α-hetero) is 1. The van der Waals surface area contributed by atoms with Gasteiger partial charge in [-0.2, -0.15) is 11.8 Å². The third-order valence-electron chi connectivity index (χ3n) is 3.14. The number of rotatable bonds is 6. The highest BCUT2D eigenvalue weighted by atomic mass is 32.2. The third-order valence-corrected chi connectivity index (χ3v) is 4.13. The van der Waals surface area contributed by atoms with Gasteiger partial charge in [-0.1, -0.05) is 6.92 Å². The number of nitrogens with zero attached hydrogens (tertiary/aromatic N) is 1. The summed E-state index contributed by atoms with van der Waals surface area (Å²) in [6.45, 7) is 3.40. The van der Waals surface area contributed by atoms with E-state index in [1.807, 2.05) is 11.8 Å². The van der Waals surface area contributed by atoms with Crippen LogP contribution in [0.2, 0.25) is 0 Å². The predicted molar refractivity (Wildman–Crippen MR) is 67.5 cm³/mol. The van der Waals surface area contributed by atoms with Gasteiger partial charge >= 0.3 is 0 Å². The van der Waals surface area contributed by atoms with Crippen molar-refractivity contribution in [3.63, 3.8) is 0 Å². The Morgan fingerprint density at radius 3 is 2.67 bits per heavy atom. The fourth-order valence-electron chi connectivity index (χ4n) is 2.11. The minimum absolute atomic E-state index is 0.459. The molecule has 0 spiro atoms. The molecular formula is C12H23NOS. The quantitative estimate of drug-likeness (QED) is 0.653. The highest BCUT2D eigenvalue weighted by molar-refractivity contribution is 7.99. The van der Waals surface area contributed by atoms with Gasteiger partial charge in [0, 0.05) is 18.9 Å². The molecule has 2 nitrogen and oxygen atoms in total. The van der Waals surface area contributed by atoms with Gasteiger partial charge in [0.25, 0.3) is 0 Å². The molecule has 0 bridgehead atoms. The van der Waals surface area contributed by atoms with Gasteiger partial charge in [0.2, 0.25) is 0 Å². The van der Waals surface area contributed by atoms with Gasteiger partial charge in [0.15, 0.2) is 0 Å². The largest absolute Gasteiger partial charge is 0.303 e. The van der Waals surface area contributed by atoms with Gasteiger partial charge in [-0.15, -0.1) is 0 Å². The maximum atomic E-state index is 11.1. The average Bonchev–Trinajstić information content (AvgIpc) is 2.25. The average molecular weight is 229 g/mol. The van der Waals surface area contributed by atoms with Gasteiger partial charge in [0.05, 0.1) is 0 Å². The van der Waals surface area contributed by atoms with E-state index in [-0.39, 0.29) is 0 Å². The molecular weight excluding hydrogens is 206 g/mol. The molecule has 3 heteroatoms. The Morgan fingerprint density at radius 1 is 1.40 bits per heavy atom. The van der Waals surface area contributed by atoms with Crippen LogP contribution < -0.4 is 0 Å². The summed E-state index contributed by atoms with van der Waals surface area (Å²) in [5.74, 6) is 2.95. The van der Waals surface area contributed by atoms with Crippen molar-refractivity contribution in [2.24, 2.45) is 0 Å². The first kappa shape index (κ1) is 13.0. The summed E-state index contributed by atoms with van der Waals surface area (Å²) < 4.78 is 0. The van der Waals surface area contributed by atoms with Gasteiger partial charge in [0.1, 0.15) is 5.78 Å². The molecule has 1 saturated carbocycles. The molecule has 1 aliphatic rings. The lowest BCUT2D eigenvalue weighted by Crippen LogP contribution is -2.36. The Kier molecular flexibility index (Phi) is 6.34. The topological polar surface area (TPSA) is 20.3 Å². The lowest BCUT2D eigenvalue weighted by molar-refractivity contribution is -0.121. The molecule has 0 aliphatic heterocycles. The molecule has 0 N–H and O–H groups in total. The van der Waals surface area contributed by atoms with Gasteiger partial charge in [-0.3, -0.25) is 4.79 Å². The number of hydrogen-bond donors (Lipinski definition) is 0. The van der Waals surface area contributed by atoms with Crippen LogP contribution in [0.3, 0.4) is 0 Å². The van der Waals surface area contributed by atoms with E-state index in [0.29, 0.717) is 11.8 Å². The van der Waals surface area contributed by atoms with Crippen molar-refractivity contribution in [3.8, 4) is 0 Å². The standard InChI is InChI=1S/C12H23NOS/c1-3-15-10-4-9-13(2)11-5-7-12(14)8-6-11/h11H,3-10H2,1-2H3. The van der Waals surface area contributed by atoms with E-state index in [4.69, 9.17) is 0 Å². The maximum Gasteiger partial charge on any atom is 0.133 e. The van der Waals surface area contributed by atoms with E-state index in [9.17, 15) is 4.79 Å². The van der Waals surface area contributed by atoms with Crippen molar-refractivity contribution in [2.75, 3.05) is 25.1 Å². The van der Waals surface area contributed by atoms with Crippen LogP contribution in [0.5, 0.6) is 0 Å². The third kappa shape index (κ3) is 5.03. The normalized spacial score (nSPS) is 18.7. The molecule has 0 radical (unpaired) electrons. The van der Waals surface area contributed by atoms with Gasteiger partial charge < -0.3 is 4.90 Å². The molecule has 0 aromatic heterocycles. The number of hydrogen-bond acceptors (Lipinski definition) is 3. The summed E-state index contributed by atoms with van der Waals surface area (Å²) in [4.78, 5) is 13.6. The minimum Gasteiger partial charge on any atom is -0.303 e. The zero-order valence-corrected chi connectivity index (χ0v) is 10.8. The molecule has 0 unspecified atom stereocenters. The summed E-state index contributed by atoms with van der Waals surface area (Å²) in [6, 6.07) is 0.661. The smallest absolute Gasteiger partial charge is 0.133 e. The molecule has 0 aromatic rings. The van der Waals surface area contributed by atoms with Crippen LogP contribution in [0.25, 0.3) is 0 Å². The van der Waals surface area contributed by atoms with E-state index >= 15 is 0 Å². The van der Waals surface area contributed by atoms with Crippen LogP contribution in [0, 0.1) is 0 Å². The van der Waals surface area contributed by atoms with Gasteiger partial charge in [-0.25, -0.2) is 0 Å². The number of carbonyl (C=O) groups is 1. The van der Waals surface area contributed by atoms with E-state index in [1.165, 1.54) is 24.5 Å². The SMILES string of the molecule is CCSCCCN(C)C1CCC(=O)CC1. The predicted octanol–water partition coefficient (Wildman–Crippen LogP) is 2.57. The first-order valence-electron chi connectivity index (χ1n) is 6.03. The van der Waals surface area contributed by atoms with Crippen LogP contribution in [-0.2, 0) is 4.79 Å². The van der Waals surface area contributed by atoms with Crippen LogP contribution >= 0.6 is 11.8 Å². The molecule has 0 atom stereocenters. The minimum atomic E-state index is 0.459. The van der Waals surface area contributed by atoms with Crippen LogP contribution in [-0.4, -0.2) is 41.8 Å². The van der Waals surface area contributed by atoms with Crippen LogP contribution in [0.4, 0.5) is 0 Å². The maximum absolute atomic E-state index is 11.1. The van der Waals surface area contributed by atoms with Crippen molar-refractivity contribution >= 4 is 17.5 Å². The fourth-order valence-corrected chi connectivity index (χ4v) is 2.73. The van der Waals surface area contributed by atoms with Crippen molar-refractivity contribution in [3.05, 3.63) is 0 Å². The van der Waals surface area contributed by atoms with Crippen molar-refractivity contribution in [1.29, 1.82) is 0 Å². The lowest BCUT2D eigenvalue weighted by Gasteiger charge is -2.30. The first-order valence-corrected chi connectivity index (χ1v) is 7.19. The van der Waals surface area contributed by atoms with E-state index in [2.05, 4.69) is 18.9 Å². The Bertz CT molecular complexity index is 186. The second-order valence-corrected chi connectivity index (χ2v) is 5.69. The molecule has 1 fully saturated rings. The molecule has 0 heterocycles. The van der Waals surface area contributed by atoms with Crippen molar-refractivity contribution < 1.29 is 4.79 Å². The van der Waals surface area contributed by atoms with Crippen LogP contribution in [0.15, 0.2) is 0 Å². The molecule has 0 aromatic carbocycles. The van der Waals surface area contributed by atoms with E-state index in [1.54, 1.807) is 0 Å². The second kappa shape index (κ2) is 7.29. The zero-order chi connectivity index (χ0) is 11.1. The van der Waals surface area contributed by atoms with Crippen molar-refractivity contribution in [1.82, 2.24) is 4.90 Å². The Hall–Kier alpha value is -0.0200. The molecule has 0 amide bonds. The highest BCUT2D eigenvalue weighted by Gasteiger charge is 2.21. The zero-order valence-electron chi connectivity index (χ0n) is 10.00. The first-order chi connectivity index (χ1) is 7.24. The van der Waals surface area contributed by atoms with Crippen LogP contribution in [0.1, 0.15) is 39.0 Å². The Labute approximate surface area is 97.8 Å². The highest BCUT2D eigenvalue weighted by Crippen LogP contribution is 2.19. The molecule has 1 aliphatic carbocycles. The Morgan fingerprint density at radius 2 is 2.07 bits per heavy atom. The van der Waals surface area contributed by atoms with E-state index < -0.39 is 0 Å². The Balaban J connectivity index is 2.11. The van der Waals surface area contributed by atoms with Gasteiger partial charge in [-0.05, 0) is 44.4 Å². The monoisotopic (exact) mass is 229 g/mol. The second-order valence-electron chi connectivity index (χ2n) is 4.30. The number of ketones is 1. The lowest BCUT2D eigenvalue weighted by atomic mass is 9.93. The molecule has 0 saturated heterocycles. The summed E-state index contributed by atoms with van der Waals surface area (Å²) in [6.07, 6.45) is 5.05. The molecule has 88 valence electrons. The summed E-state index contributed by atoms with van der Waals surface area (Å²) >= 11 is 2.02. The summed E-state index contributed by atoms with van der Waals surface area (Å²) in [5.41, 5.74) is 0. The number of carbonyl (C=O) groups excluding carboxylic acids is 1. The molecule has 1 rings (SSSR count). The molecule has 15 heavy (non-hydrogen) atoms. The fraction of sp³-hybridized carbons (Fsp3) is 0.917. The van der Waals surface area contributed by atoms with E-state index in [0.717, 1.165) is 25.7 Å². The van der Waals surface area contributed by atoms with Crippen molar-refractivity contribution in [2.45, 2.75) is 45.1 Å². The summed E-state index contributed by atoms with van der Waals surface area (Å²) in [7, 11) is 2.21. The number of thioether (sulfide) groups is 1.